The summed E-state index contributed by atoms with van der Waals surface area (Å²) < 4.78 is 3.84. The van der Waals surface area contributed by atoms with Crippen LogP contribution in [0.1, 0.15) is 15.9 Å². The molecule has 0 bridgehead atoms. The molecular formula is C16H11Cl2N3OS. The monoisotopic (exact) mass is 363 g/mol. The number of carbonyl (C=O) groups excluding carboxylic acids is 1. The number of benzene rings is 2. The molecule has 7 heteroatoms. The summed E-state index contributed by atoms with van der Waals surface area (Å²) >= 11 is 13.1. The summed E-state index contributed by atoms with van der Waals surface area (Å²) in [6.07, 6.45) is 0. The summed E-state index contributed by atoms with van der Waals surface area (Å²) in [4.78, 5) is 12.1. The van der Waals surface area contributed by atoms with Gasteiger partial charge in [0.15, 0.2) is 0 Å². The highest BCUT2D eigenvalue weighted by atomic mass is 35.5. The smallest absolute Gasteiger partial charge is 0.251 e. The Kier molecular flexibility index (Phi) is 4.91. The Labute approximate surface area is 147 Å². The Morgan fingerprint density at radius 3 is 2.39 bits per heavy atom. The van der Waals surface area contributed by atoms with Gasteiger partial charge in [-0.25, -0.2) is 0 Å². The molecule has 2 aromatic carbocycles. The largest absolute Gasteiger partial charge is 0.348 e. The minimum absolute atomic E-state index is 0.220. The zero-order valence-corrected chi connectivity index (χ0v) is 14.1. The number of carbonyl (C=O) groups is 1. The third-order valence-corrected chi connectivity index (χ3v) is 4.13. The van der Waals surface area contributed by atoms with Crippen LogP contribution in [-0.2, 0) is 6.54 Å². The first kappa shape index (κ1) is 15.9. The normalized spacial score (nSPS) is 10.5. The Bertz CT molecular complexity index is 800. The summed E-state index contributed by atoms with van der Waals surface area (Å²) in [7, 11) is 0. The van der Waals surface area contributed by atoms with Gasteiger partial charge in [-0.05, 0) is 35.3 Å². The summed E-state index contributed by atoms with van der Waals surface area (Å²) in [6.45, 7) is 0.415. The van der Waals surface area contributed by atoms with Crippen LogP contribution in [0.2, 0.25) is 10.0 Å². The SMILES string of the molecule is O=C(NCc1ccc(-c2csnn2)cc1)c1cc(Cl)cc(Cl)c1. The maximum atomic E-state index is 12.1. The number of amides is 1. The molecule has 23 heavy (non-hydrogen) atoms. The van der Waals surface area contributed by atoms with Crippen molar-refractivity contribution in [2.75, 3.05) is 0 Å². The second-order valence-corrected chi connectivity index (χ2v) is 6.31. The van der Waals surface area contributed by atoms with Crippen molar-refractivity contribution in [2.24, 2.45) is 0 Å². The molecule has 4 nitrogen and oxygen atoms in total. The van der Waals surface area contributed by atoms with Crippen molar-refractivity contribution >= 4 is 40.6 Å². The second kappa shape index (κ2) is 7.08. The lowest BCUT2D eigenvalue weighted by Gasteiger charge is -2.07. The third kappa shape index (κ3) is 4.07. The Hall–Kier alpha value is -1.95. The van der Waals surface area contributed by atoms with Gasteiger partial charge in [0.1, 0.15) is 5.69 Å². The van der Waals surface area contributed by atoms with Gasteiger partial charge in [-0.3, -0.25) is 4.79 Å². The number of nitrogens with zero attached hydrogens (tertiary/aromatic N) is 2. The lowest BCUT2D eigenvalue weighted by Crippen LogP contribution is -2.22. The molecule has 0 fully saturated rings. The van der Waals surface area contributed by atoms with E-state index in [4.69, 9.17) is 23.2 Å². The van der Waals surface area contributed by atoms with Crippen LogP contribution < -0.4 is 5.32 Å². The summed E-state index contributed by atoms with van der Waals surface area (Å²) in [6, 6.07) is 12.6. The highest BCUT2D eigenvalue weighted by molar-refractivity contribution is 7.03. The van der Waals surface area contributed by atoms with Gasteiger partial charge < -0.3 is 5.32 Å². The molecule has 0 radical (unpaired) electrons. The molecule has 1 heterocycles. The molecule has 0 unspecified atom stereocenters. The van der Waals surface area contributed by atoms with E-state index in [0.717, 1.165) is 16.8 Å². The fraction of sp³-hybridized carbons (Fsp3) is 0.0625. The summed E-state index contributed by atoms with van der Waals surface area (Å²) in [5, 5.41) is 9.62. The maximum absolute atomic E-state index is 12.1. The fourth-order valence-corrected chi connectivity index (χ4v) is 3.04. The molecule has 0 spiro atoms. The molecule has 0 aliphatic heterocycles. The van der Waals surface area contributed by atoms with Crippen LogP contribution >= 0.6 is 34.7 Å². The first-order valence-corrected chi connectivity index (χ1v) is 8.32. The van der Waals surface area contributed by atoms with Crippen molar-refractivity contribution in [3.63, 3.8) is 0 Å². The zero-order valence-electron chi connectivity index (χ0n) is 11.8. The van der Waals surface area contributed by atoms with Crippen LogP contribution in [0.25, 0.3) is 11.3 Å². The molecule has 1 N–H and O–H groups in total. The van der Waals surface area contributed by atoms with Crippen molar-refractivity contribution in [3.05, 3.63) is 69.0 Å². The predicted molar refractivity (Wildman–Crippen MR) is 93.0 cm³/mol. The minimum Gasteiger partial charge on any atom is -0.348 e. The van der Waals surface area contributed by atoms with Gasteiger partial charge >= 0.3 is 0 Å². The quantitative estimate of drug-likeness (QED) is 0.745. The van der Waals surface area contributed by atoms with E-state index in [-0.39, 0.29) is 5.91 Å². The van der Waals surface area contributed by atoms with Gasteiger partial charge in [0.25, 0.3) is 5.91 Å². The highest BCUT2D eigenvalue weighted by Crippen LogP contribution is 2.20. The first-order chi connectivity index (χ1) is 11.1. The molecule has 1 amide bonds. The second-order valence-electron chi connectivity index (χ2n) is 4.83. The van der Waals surface area contributed by atoms with Gasteiger partial charge in [0.2, 0.25) is 0 Å². The molecule has 0 saturated heterocycles. The molecule has 3 aromatic rings. The number of hydrogen-bond acceptors (Lipinski definition) is 4. The summed E-state index contributed by atoms with van der Waals surface area (Å²) in [5.41, 5.74) is 3.26. The van der Waals surface area contributed by atoms with Crippen molar-refractivity contribution in [1.82, 2.24) is 14.9 Å². The number of halogens is 2. The fourth-order valence-electron chi connectivity index (χ4n) is 2.05. The van der Waals surface area contributed by atoms with Gasteiger partial charge in [-0.15, -0.1) is 5.10 Å². The average Bonchev–Trinajstić information content (AvgIpc) is 3.06. The van der Waals surface area contributed by atoms with Crippen LogP contribution in [-0.4, -0.2) is 15.5 Å². The molecule has 3 rings (SSSR count). The Morgan fingerprint density at radius 2 is 1.78 bits per heavy atom. The number of aromatic nitrogens is 2. The van der Waals surface area contributed by atoms with Crippen LogP contribution in [0.4, 0.5) is 0 Å². The van der Waals surface area contributed by atoms with Crippen molar-refractivity contribution in [3.8, 4) is 11.3 Å². The number of hydrogen-bond donors (Lipinski definition) is 1. The van der Waals surface area contributed by atoms with Gasteiger partial charge in [0, 0.05) is 33.1 Å². The third-order valence-electron chi connectivity index (χ3n) is 3.19. The van der Waals surface area contributed by atoms with Gasteiger partial charge in [-0.1, -0.05) is 52.0 Å². The van der Waals surface area contributed by atoms with Crippen LogP contribution in [0.3, 0.4) is 0 Å². The van der Waals surface area contributed by atoms with Crippen LogP contribution in [0.5, 0.6) is 0 Å². The Balaban J connectivity index is 1.65. The van der Waals surface area contributed by atoms with Gasteiger partial charge in [-0.2, -0.15) is 0 Å². The van der Waals surface area contributed by atoms with E-state index in [1.807, 2.05) is 29.6 Å². The molecule has 0 atom stereocenters. The molecule has 116 valence electrons. The van der Waals surface area contributed by atoms with E-state index in [9.17, 15) is 4.79 Å². The first-order valence-electron chi connectivity index (χ1n) is 6.72. The van der Waals surface area contributed by atoms with Crippen LogP contribution in [0.15, 0.2) is 47.8 Å². The topological polar surface area (TPSA) is 54.9 Å². The van der Waals surface area contributed by atoms with Crippen LogP contribution in [0, 0.1) is 0 Å². The van der Waals surface area contributed by atoms with E-state index >= 15 is 0 Å². The van der Waals surface area contributed by atoms with Crippen molar-refractivity contribution < 1.29 is 4.79 Å². The van der Waals surface area contributed by atoms with E-state index in [1.165, 1.54) is 11.5 Å². The lowest BCUT2D eigenvalue weighted by molar-refractivity contribution is 0.0951. The molecule has 0 saturated carbocycles. The Morgan fingerprint density at radius 1 is 1.09 bits per heavy atom. The average molecular weight is 364 g/mol. The number of nitrogens with one attached hydrogen (secondary N) is 1. The molecule has 1 aromatic heterocycles. The van der Waals surface area contributed by atoms with E-state index in [0.29, 0.717) is 22.2 Å². The van der Waals surface area contributed by atoms with Crippen molar-refractivity contribution in [2.45, 2.75) is 6.54 Å². The number of rotatable bonds is 4. The predicted octanol–water partition coefficient (Wildman–Crippen LogP) is 4.44. The van der Waals surface area contributed by atoms with E-state index in [2.05, 4.69) is 14.9 Å². The van der Waals surface area contributed by atoms with Gasteiger partial charge in [0.05, 0.1) is 0 Å². The van der Waals surface area contributed by atoms with E-state index < -0.39 is 0 Å². The molecule has 0 aliphatic carbocycles. The summed E-state index contributed by atoms with van der Waals surface area (Å²) in [5.74, 6) is -0.220. The zero-order chi connectivity index (χ0) is 16.2. The lowest BCUT2D eigenvalue weighted by atomic mass is 10.1. The maximum Gasteiger partial charge on any atom is 0.251 e. The molecular weight excluding hydrogens is 353 g/mol. The van der Waals surface area contributed by atoms with E-state index in [1.54, 1.807) is 18.2 Å². The standard InChI is InChI=1S/C16H11Cl2N3OS/c17-13-5-12(6-14(18)7-13)16(22)19-8-10-1-3-11(4-2-10)15-9-23-21-20-15/h1-7,9H,8H2,(H,19,22). The highest BCUT2D eigenvalue weighted by Gasteiger charge is 2.08. The van der Waals surface area contributed by atoms with Crippen molar-refractivity contribution in [1.29, 1.82) is 0 Å². The minimum atomic E-state index is -0.220. The molecule has 0 aliphatic rings.